The fraction of sp³-hybridized carbons (Fsp3) is 0.482. The van der Waals surface area contributed by atoms with Crippen LogP contribution >= 0.6 is 0 Å². The average molecular weight is 1010 g/mol. The first-order valence-corrected chi connectivity index (χ1v) is 26.6. The van der Waals surface area contributed by atoms with Crippen molar-refractivity contribution in [3.05, 3.63) is 164 Å². The van der Waals surface area contributed by atoms with E-state index in [0.29, 0.717) is 11.1 Å². The van der Waals surface area contributed by atoms with Gasteiger partial charge in [0.25, 0.3) is 0 Å². The molecule has 0 saturated heterocycles. The van der Waals surface area contributed by atoms with Crippen LogP contribution in [0.5, 0.6) is 0 Å². The monoisotopic (exact) mass is 1010 g/mol. The third-order valence-corrected chi connectivity index (χ3v) is 28.3. The van der Waals surface area contributed by atoms with Gasteiger partial charge in [-0.25, -0.2) is 0 Å². The van der Waals surface area contributed by atoms with Crippen LogP contribution in [0, 0.1) is 55.2 Å². The quantitative estimate of drug-likeness (QED) is 0.253. The molecule has 6 aliphatic carbocycles. The molecule has 10 atom stereocenters. The van der Waals surface area contributed by atoms with Crippen LogP contribution in [0.1, 0.15) is 118 Å². The molecule has 0 bridgehead atoms. The summed E-state index contributed by atoms with van der Waals surface area (Å²) in [5.74, 6) is 0.0953. The predicted octanol–water partition coefficient (Wildman–Crippen LogP) is 10.4. The molecule has 0 aromatic heterocycles. The molecule has 8 rings (SSSR count). The Bertz CT molecular complexity index is 2450. The standard InChI is InChI=1S/C29H37.C15H8F6.C12H19.2ClH.Zr/c1-21-14-13-15-22-20-27(6)25(4)18-10-9-16-23(25,2)24(3)17-11-12-19-26(24,5)29(27,8)28(21,22)7;16-14(17,18)12-5-1-10(2-6-12)9-11-3-7-13(8-4-11)15(19,20)21;1-5-6-10-7-8-11(9-10)12(2,3)4;;;/h9-20,22H,1-8H3;1-8H;8-10H,5-6H2,1-4H3;2*1H;/q;;;;;+2/p-2. The minimum absolute atomic E-state index is 0. The van der Waals surface area contributed by atoms with E-state index in [-0.39, 0.29) is 51.1 Å². The average Bonchev–Trinajstić information content (AvgIpc) is 3.71. The Kier molecular flexibility index (Phi) is 13.1. The third kappa shape index (κ3) is 6.70. The second-order valence-corrected chi connectivity index (χ2v) is 28.0. The van der Waals surface area contributed by atoms with Gasteiger partial charge in [0.1, 0.15) is 0 Å². The summed E-state index contributed by atoms with van der Waals surface area (Å²) >= 11 is -3.86. The van der Waals surface area contributed by atoms with Crippen molar-refractivity contribution in [1.82, 2.24) is 0 Å². The maximum absolute atomic E-state index is 14.4. The first kappa shape index (κ1) is 51.7. The van der Waals surface area contributed by atoms with Crippen molar-refractivity contribution in [2.45, 2.75) is 112 Å². The first-order valence-electron chi connectivity index (χ1n) is 22.8. The van der Waals surface area contributed by atoms with E-state index in [1.807, 2.05) is 0 Å². The predicted molar refractivity (Wildman–Crippen MR) is 244 cm³/mol. The molecule has 2 saturated carbocycles. The maximum Gasteiger partial charge on any atom is -1.00 e. The van der Waals surface area contributed by atoms with Crippen LogP contribution in [-0.2, 0) is 33.6 Å². The van der Waals surface area contributed by atoms with Crippen LogP contribution in [0.3, 0.4) is 0 Å². The third-order valence-electron chi connectivity index (χ3n) is 19.0. The molecule has 348 valence electrons. The molecule has 6 aliphatic rings. The van der Waals surface area contributed by atoms with Crippen LogP contribution in [0.4, 0.5) is 26.3 Å². The summed E-state index contributed by atoms with van der Waals surface area (Å²) in [6, 6.07) is 11.1. The van der Waals surface area contributed by atoms with Gasteiger partial charge >= 0.3 is 382 Å². The second kappa shape index (κ2) is 16.5. The van der Waals surface area contributed by atoms with Crippen molar-refractivity contribution in [2.24, 2.45) is 55.2 Å². The number of hydrogen-bond acceptors (Lipinski definition) is 0. The summed E-state index contributed by atoms with van der Waals surface area (Å²) in [5, 5.41) is 0. The van der Waals surface area contributed by atoms with E-state index < -0.39 is 77.2 Å². The zero-order chi connectivity index (χ0) is 46.2. The fourth-order valence-electron chi connectivity index (χ4n) is 14.8. The SMILES string of the molecule is CCCC1C=C(C(C)(C)C)C=[C]1[Zr+2](=[C](c1ccc(C(F)(F)F)cc1)c1ccc(C(F)(F)F)cc1)[CH]1C2C=CC=C(C)C2(C)C2(C)C3(C)C=CC=CC3(C)C3(C)C=CC=CC3(C)C12C.[Cl-].[Cl-]. The Labute approximate surface area is 404 Å². The van der Waals surface area contributed by atoms with Gasteiger partial charge in [-0.05, 0) is 0 Å². The summed E-state index contributed by atoms with van der Waals surface area (Å²) in [5.41, 5.74) is -0.736. The number of benzene rings is 2. The van der Waals surface area contributed by atoms with E-state index in [0.717, 1.165) is 16.0 Å². The Morgan fingerprint density at radius 3 is 1.52 bits per heavy atom. The molecule has 0 nitrogen and oxygen atoms in total. The van der Waals surface area contributed by atoms with Gasteiger partial charge in [0.2, 0.25) is 0 Å². The zero-order valence-electron chi connectivity index (χ0n) is 39.8. The van der Waals surface area contributed by atoms with Crippen molar-refractivity contribution < 1.29 is 72.4 Å². The van der Waals surface area contributed by atoms with Gasteiger partial charge in [-0.15, -0.1) is 0 Å². The molecule has 65 heavy (non-hydrogen) atoms. The number of rotatable bonds is 6. The minimum atomic E-state index is -4.55. The molecule has 2 aromatic carbocycles. The minimum Gasteiger partial charge on any atom is -1.00 e. The van der Waals surface area contributed by atoms with Gasteiger partial charge in [-0.1, -0.05) is 0 Å². The second-order valence-electron chi connectivity index (χ2n) is 21.8. The molecule has 0 amide bonds. The van der Waals surface area contributed by atoms with Gasteiger partial charge in [0.05, 0.1) is 0 Å². The van der Waals surface area contributed by atoms with Crippen LogP contribution in [0.15, 0.2) is 142 Å². The van der Waals surface area contributed by atoms with Crippen molar-refractivity contribution in [3.63, 3.8) is 0 Å². The summed E-state index contributed by atoms with van der Waals surface area (Å²) in [6.07, 6.45) is 23.4. The van der Waals surface area contributed by atoms with Crippen LogP contribution < -0.4 is 24.8 Å². The summed E-state index contributed by atoms with van der Waals surface area (Å²) < 4.78 is 88.6. The van der Waals surface area contributed by atoms with Gasteiger partial charge in [-0.2, -0.15) is 0 Å². The van der Waals surface area contributed by atoms with E-state index in [1.165, 1.54) is 38.7 Å². The van der Waals surface area contributed by atoms with Gasteiger partial charge < -0.3 is 24.8 Å². The van der Waals surface area contributed by atoms with E-state index in [4.69, 9.17) is 0 Å². The van der Waals surface area contributed by atoms with Crippen LogP contribution in [0.25, 0.3) is 0 Å². The first-order chi connectivity index (χ1) is 29.1. The largest absolute Gasteiger partial charge is 1.00 e. The van der Waals surface area contributed by atoms with E-state index in [2.05, 4.69) is 162 Å². The van der Waals surface area contributed by atoms with Crippen LogP contribution in [-0.4, -0.2) is 3.21 Å². The Hall–Kier alpha value is -2.73. The molecular weight excluding hydrogens is 949 g/mol. The molecule has 0 spiro atoms. The van der Waals surface area contributed by atoms with E-state index >= 15 is 0 Å². The summed E-state index contributed by atoms with van der Waals surface area (Å²) in [4.78, 5) is 0. The maximum atomic E-state index is 14.4. The topological polar surface area (TPSA) is 0 Å². The number of halogens is 8. The fourth-order valence-corrected chi connectivity index (χ4v) is 26.6. The Morgan fingerprint density at radius 2 is 1.08 bits per heavy atom. The van der Waals surface area contributed by atoms with Crippen molar-refractivity contribution in [3.8, 4) is 0 Å². The Balaban J connectivity index is 0.00000350. The Morgan fingerprint density at radius 1 is 0.631 bits per heavy atom. The normalized spacial score (nSPS) is 36.4. The summed E-state index contributed by atoms with van der Waals surface area (Å²) in [6.45, 7) is 28.7. The van der Waals surface area contributed by atoms with E-state index in [1.54, 1.807) is 24.3 Å². The van der Waals surface area contributed by atoms with Gasteiger partial charge in [0, 0.05) is 0 Å². The number of alkyl halides is 6. The zero-order valence-corrected chi connectivity index (χ0v) is 43.8. The molecule has 9 heteroatoms. The molecule has 2 fully saturated rings. The van der Waals surface area contributed by atoms with Crippen molar-refractivity contribution in [1.29, 1.82) is 0 Å². The number of allylic oxidation sites excluding steroid dienone is 16. The number of hydrogen-bond donors (Lipinski definition) is 0. The number of fused-ring (bicyclic) bond motifs is 8. The van der Waals surface area contributed by atoms with Gasteiger partial charge in [0.15, 0.2) is 0 Å². The van der Waals surface area contributed by atoms with Crippen LogP contribution in [0.2, 0.25) is 3.63 Å². The molecule has 0 aliphatic heterocycles. The smallest absolute Gasteiger partial charge is 1.00 e. The molecule has 10 unspecified atom stereocenters. The van der Waals surface area contributed by atoms with Crippen molar-refractivity contribution in [2.75, 3.05) is 0 Å². The van der Waals surface area contributed by atoms with E-state index in [9.17, 15) is 26.3 Å². The van der Waals surface area contributed by atoms with Crippen molar-refractivity contribution >= 4 is 3.21 Å². The molecule has 2 aromatic rings. The summed E-state index contributed by atoms with van der Waals surface area (Å²) in [7, 11) is 0. The molecule has 0 radical (unpaired) electrons. The van der Waals surface area contributed by atoms with Gasteiger partial charge in [-0.3, -0.25) is 0 Å². The molecular formula is C56H64Cl2F6Zr. The molecule has 0 N–H and O–H groups in total. The molecule has 0 heterocycles.